The van der Waals surface area contributed by atoms with Crippen LogP contribution in [0.5, 0.6) is 0 Å². The Morgan fingerprint density at radius 1 is 1.53 bits per heavy atom. The lowest BCUT2D eigenvalue weighted by atomic mass is 10.3. The zero-order valence-corrected chi connectivity index (χ0v) is 9.70. The lowest BCUT2D eigenvalue weighted by Gasteiger charge is -2.15. The second kappa shape index (κ2) is 5.66. The van der Waals surface area contributed by atoms with E-state index in [4.69, 9.17) is 12.2 Å². The van der Waals surface area contributed by atoms with Crippen LogP contribution in [0, 0.1) is 5.82 Å². The third-order valence-corrected chi connectivity index (χ3v) is 2.29. The van der Waals surface area contributed by atoms with Gasteiger partial charge in [-0.15, -0.1) is 0 Å². The first kappa shape index (κ1) is 11.9. The van der Waals surface area contributed by atoms with Crippen LogP contribution >= 0.6 is 12.2 Å². The Kier molecular flexibility index (Phi) is 4.49. The topological polar surface area (TPSA) is 24.1 Å². The van der Waals surface area contributed by atoms with Gasteiger partial charge in [0.25, 0.3) is 0 Å². The van der Waals surface area contributed by atoms with Crippen LogP contribution in [-0.4, -0.2) is 11.2 Å². The van der Waals surface area contributed by atoms with Crippen LogP contribution in [0.25, 0.3) is 0 Å². The minimum Gasteiger partial charge on any atom is -0.360 e. The van der Waals surface area contributed by atoms with Gasteiger partial charge in [-0.1, -0.05) is 13.0 Å². The van der Waals surface area contributed by atoms with Crippen LogP contribution in [-0.2, 0) is 0 Å². The van der Waals surface area contributed by atoms with Gasteiger partial charge in [-0.25, -0.2) is 4.39 Å². The molecule has 1 aromatic rings. The Balaban J connectivity index is 2.51. The standard InChI is InChI=1S/C11H15FN2S/c1-3-8(2)13-11(15)14-10-6-4-5-9(12)7-10/h4-8H,3H2,1-2H3,(H2,13,14,15)/t8-/m1/s1. The van der Waals surface area contributed by atoms with E-state index in [1.165, 1.54) is 12.1 Å². The van der Waals surface area contributed by atoms with Crippen LogP contribution in [0.2, 0.25) is 0 Å². The molecule has 0 bridgehead atoms. The number of anilines is 1. The summed E-state index contributed by atoms with van der Waals surface area (Å²) in [6.07, 6.45) is 0.991. The summed E-state index contributed by atoms with van der Waals surface area (Å²) in [6.45, 7) is 4.11. The lowest BCUT2D eigenvalue weighted by Crippen LogP contribution is -2.35. The number of thiocarbonyl (C=S) groups is 1. The maximum absolute atomic E-state index is 12.8. The van der Waals surface area contributed by atoms with Crippen molar-refractivity contribution in [3.63, 3.8) is 0 Å². The summed E-state index contributed by atoms with van der Waals surface area (Å²) in [5.74, 6) is -0.272. The van der Waals surface area contributed by atoms with Gasteiger partial charge in [-0.2, -0.15) is 0 Å². The van der Waals surface area contributed by atoms with Crippen LogP contribution in [0.15, 0.2) is 24.3 Å². The third kappa shape index (κ3) is 4.25. The molecular formula is C11H15FN2S. The second-order valence-corrected chi connectivity index (χ2v) is 3.83. The fraction of sp³-hybridized carbons (Fsp3) is 0.364. The third-order valence-electron chi connectivity index (χ3n) is 2.07. The Bertz CT molecular complexity index is 341. The van der Waals surface area contributed by atoms with Gasteiger partial charge < -0.3 is 10.6 Å². The maximum Gasteiger partial charge on any atom is 0.170 e. The van der Waals surface area contributed by atoms with E-state index in [2.05, 4.69) is 17.6 Å². The molecule has 4 heteroatoms. The number of halogens is 1. The molecule has 2 N–H and O–H groups in total. The molecule has 1 atom stereocenters. The first-order valence-corrected chi connectivity index (χ1v) is 5.35. The average molecular weight is 226 g/mol. The summed E-state index contributed by atoms with van der Waals surface area (Å²) >= 11 is 5.08. The van der Waals surface area contributed by atoms with Gasteiger partial charge in [0, 0.05) is 11.7 Å². The van der Waals surface area contributed by atoms with Gasteiger partial charge in [0.2, 0.25) is 0 Å². The van der Waals surface area contributed by atoms with Crippen LogP contribution in [0.3, 0.4) is 0 Å². The number of hydrogen-bond donors (Lipinski definition) is 2. The predicted octanol–water partition coefficient (Wildman–Crippen LogP) is 2.91. The molecular weight excluding hydrogens is 211 g/mol. The molecule has 0 saturated carbocycles. The molecule has 0 aliphatic heterocycles. The smallest absolute Gasteiger partial charge is 0.170 e. The molecule has 15 heavy (non-hydrogen) atoms. The molecule has 1 rings (SSSR count). The molecule has 0 unspecified atom stereocenters. The molecule has 0 aliphatic rings. The normalized spacial score (nSPS) is 11.9. The van der Waals surface area contributed by atoms with Gasteiger partial charge in [0.05, 0.1) is 0 Å². The van der Waals surface area contributed by atoms with E-state index in [9.17, 15) is 4.39 Å². The van der Waals surface area contributed by atoms with E-state index in [-0.39, 0.29) is 5.82 Å². The quantitative estimate of drug-likeness (QED) is 0.775. The van der Waals surface area contributed by atoms with Crippen molar-refractivity contribution in [2.24, 2.45) is 0 Å². The summed E-state index contributed by atoms with van der Waals surface area (Å²) in [6, 6.07) is 6.54. The molecule has 0 aromatic heterocycles. The molecule has 0 radical (unpaired) electrons. The SMILES string of the molecule is CC[C@@H](C)NC(=S)Nc1cccc(F)c1. The van der Waals surface area contributed by atoms with Crippen molar-refractivity contribution >= 4 is 23.0 Å². The fourth-order valence-corrected chi connectivity index (χ4v) is 1.38. The fourth-order valence-electron chi connectivity index (χ4n) is 1.06. The zero-order chi connectivity index (χ0) is 11.3. The number of rotatable bonds is 3. The number of benzene rings is 1. The van der Waals surface area contributed by atoms with E-state index in [0.29, 0.717) is 16.8 Å². The van der Waals surface area contributed by atoms with Crippen molar-refractivity contribution in [3.8, 4) is 0 Å². The first-order chi connectivity index (χ1) is 7.11. The van der Waals surface area contributed by atoms with Crippen molar-refractivity contribution in [1.82, 2.24) is 5.32 Å². The summed E-state index contributed by atoms with van der Waals surface area (Å²) in [7, 11) is 0. The first-order valence-electron chi connectivity index (χ1n) is 4.95. The Morgan fingerprint density at radius 2 is 2.27 bits per heavy atom. The van der Waals surface area contributed by atoms with Crippen LogP contribution in [0.1, 0.15) is 20.3 Å². The molecule has 0 spiro atoms. The molecule has 0 amide bonds. The molecule has 82 valence electrons. The van der Waals surface area contributed by atoms with Gasteiger partial charge >= 0.3 is 0 Å². The van der Waals surface area contributed by atoms with Crippen molar-refractivity contribution in [3.05, 3.63) is 30.1 Å². The van der Waals surface area contributed by atoms with Gasteiger partial charge in [-0.3, -0.25) is 0 Å². The largest absolute Gasteiger partial charge is 0.360 e. The Hall–Kier alpha value is -1.16. The number of hydrogen-bond acceptors (Lipinski definition) is 1. The summed E-state index contributed by atoms with van der Waals surface area (Å²) in [5.41, 5.74) is 0.663. The summed E-state index contributed by atoms with van der Waals surface area (Å²) in [5, 5.41) is 6.55. The second-order valence-electron chi connectivity index (χ2n) is 3.42. The highest BCUT2D eigenvalue weighted by atomic mass is 32.1. The van der Waals surface area contributed by atoms with Gasteiger partial charge in [0.15, 0.2) is 5.11 Å². The predicted molar refractivity (Wildman–Crippen MR) is 65.5 cm³/mol. The van der Waals surface area contributed by atoms with Gasteiger partial charge in [-0.05, 0) is 43.8 Å². The number of nitrogens with one attached hydrogen (secondary N) is 2. The minimum absolute atomic E-state index is 0.272. The molecule has 0 heterocycles. The summed E-state index contributed by atoms with van der Waals surface area (Å²) in [4.78, 5) is 0. The molecule has 0 aliphatic carbocycles. The minimum atomic E-state index is -0.272. The van der Waals surface area contributed by atoms with E-state index >= 15 is 0 Å². The van der Waals surface area contributed by atoms with Crippen molar-refractivity contribution in [1.29, 1.82) is 0 Å². The Morgan fingerprint density at radius 3 is 2.87 bits per heavy atom. The lowest BCUT2D eigenvalue weighted by molar-refractivity contribution is 0.628. The van der Waals surface area contributed by atoms with Crippen molar-refractivity contribution in [2.75, 3.05) is 5.32 Å². The van der Waals surface area contributed by atoms with Gasteiger partial charge in [0.1, 0.15) is 5.82 Å². The average Bonchev–Trinajstić information content (AvgIpc) is 2.17. The van der Waals surface area contributed by atoms with Crippen molar-refractivity contribution in [2.45, 2.75) is 26.3 Å². The molecule has 1 aromatic carbocycles. The maximum atomic E-state index is 12.8. The zero-order valence-electron chi connectivity index (χ0n) is 8.88. The summed E-state index contributed by atoms with van der Waals surface area (Å²) < 4.78 is 12.8. The molecule has 0 saturated heterocycles. The van der Waals surface area contributed by atoms with E-state index < -0.39 is 0 Å². The highest BCUT2D eigenvalue weighted by molar-refractivity contribution is 7.80. The van der Waals surface area contributed by atoms with Crippen LogP contribution < -0.4 is 10.6 Å². The molecule has 0 fully saturated rings. The van der Waals surface area contributed by atoms with Crippen molar-refractivity contribution < 1.29 is 4.39 Å². The van der Waals surface area contributed by atoms with E-state index in [1.54, 1.807) is 12.1 Å². The van der Waals surface area contributed by atoms with E-state index in [1.807, 2.05) is 6.92 Å². The monoisotopic (exact) mass is 226 g/mol. The molecule has 2 nitrogen and oxygen atoms in total. The van der Waals surface area contributed by atoms with Crippen LogP contribution in [0.4, 0.5) is 10.1 Å². The highest BCUT2D eigenvalue weighted by Gasteiger charge is 2.02. The van der Waals surface area contributed by atoms with E-state index in [0.717, 1.165) is 6.42 Å². The Labute approximate surface area is 94.9 Å². The highest BCUT2D eigenvalue weighted by Crippen LogP contribution is 2.08.